The molecule has 2 aromatic carbocycles. The van der Waals surface area contributed by atoms with Gasteiger partial charge in [0.05, 0.1) is 6.61 Å². The van der Waals surface area contributed by atoms with Gasteiger partial charge in [0.1, 0.15) is 63.9 Å². The van der Waals surface area contributed by atoms with Crippen molar-refractivity contribution in [3.8, 4) is 17.2 Å². The van der Waals surface area contributed by atoms with Crippen LogP contribution in [0.3, 0.4) is 0 Å². The fourth-order valence-corrected chi connectivity index (χ4v) is 11.0. The lowest BCUT2D eigenvalue weighted by molar-refractivity contribution is -0.166. The van der Waals surface area contributed by atoms with Crippen LogP contribution in [-0.2, 0) is 35.4 Å². The number of anilines is 2. The molecule has 2 aliphatic carbocycles. The number of benzene rings is 2. The summed E-state index contributed by atoms with van der Waals surface area (Å²) in [5, 5.41) is 45.2. The van der Waals surface area contributed by atoms with E-state index in [4.69, 9.17) is 25.4 Å². The fraction of sp³-hybridized carbons (Fsp3) is 0.417. The second-order valence-corrected chi connectivity index (χ2v) is 17.4. The highest BCUT2D eigenvalue weighted by molar-refractivity contribution is 5.92. The molecule has 8 N–H and O–H groups in total. The van der Waals surface area contributed by atoms with E-state index in [1.54, 1.807) is 30.6 Å². The zero-order valence-electron chi connectivity index (χ0n) is 34.4. The van der Waals surface area contributed by atoms with Gasteiger partial charge in [-0.1, -0.05) is 31.1 Å². The van der Waals surface area contributed by atoms with Crippen molar-refractivity contribution in [2.24, 2.45) is 11.8 Å². The Labute approximate surface area is 353 Å². The zero-order chi connectivity index (χ0) is 42.7. The molecule has 4 aliphatic rings. The number of phenolic OH excluding ortho intramolecular Hbond substituents is 2. The number of nitrogen functional groups attached to an aromatic ring is 2. The van der Waals surface area contributed by atoms with Crippen molar-refractivity contribution < 1.29 is 39.1 Å². The van der Waals surface area contributed by atoms with Crippen LogP contribution in [0.1, 0.15) is 115 Å². The maximum absolute atomic E-state index is 14.5. The van der Waals surface area contributed by atoms with E-state index in [2.05, 4.69) is 9.97 Å². The van der Waals surface area contributed by atoms with Crippen LogP contribution in [0, 0.1) is 11.8 Å². The number of fused-ring (bicyclic) bond motifs is 5. The van der Waals surface area contributed by atoms with Gasteiger partial charge in [-0.25, -0.2) is 14.8 Å². The molecule has 0 unspecified atom stereocenters. The highest BCUT2D eigenvalue weighted by Gasteiger charge is 2.54. The first kappa shape index (κ1) is 40.5. The first-order chi connectivity index (χ1) is 29.4. The third-order valence-corrected chi connectivity index (χ3v) is 14.1. The highest BCUT2D eigenvalue weighted by Crippen LogP contribution is 2.58. The number of nitrogens with zero attached hydrogens (tertiary/aromatic N) is 2. The Morgan fingerprint density at radius 1 is 1.02 bits per heavy atom. The number of nitrogens with two attached hydrogens (primary N) is 2. The number of carbonyl (C=O) groups is 1. The Bertz CT molecular complexity index is 2620. The molecule has 3 aromatic heterocycles. The van der Waals surface area contributed by atoms with Crippen LogP contribution < -0.4 is 21.6 Å². The van der Waals surface area contributed by atoms with Gasteiger partial charge in [0.25, 0.3) is 0 Å². The number of ether oxygens (including phenoxy) is 2. The van der Waals surface area contributed by atoms with Crippen molar-refractivity contribution in [1.29, 1.82) is 0 Å². The standard InChI is InChI=1S/C48H52N4O9/c1-3-31(25-6-4-5-7-25)47(58)60-37-20-34-43(57)41-36(56)19-30(22-53)59-45(41)42-40-32-14-15-51-46(50)39(32)27(10-9-26-11-12-29(55)18-33(26)35(40)23-54)17-28(48(37,2)61-44(34)42)16-24-8-13-38(49)52-21-24/h3,8,11-15,18-19,21,25,27-28,35,37,40,53-55,57H,4-7,9-10,16-17,20,22-23H2,1-2H3,(H2,49,52)(H2,50,51)/b31-3-/t27-,28+,35+,37+,40+,48-/m0/s1. The summed E-state index contributed by atoms with van der Waals surface area (Å²) in [4.78, 5) is 37.7. The minimum absolute atomic E-state index is 0.0148. The number of aliphatic hydroxyl groups excluding tert-OH is 2. The SMILES string of the molecule is C/C=C(\C(=O)O[C@@H]1Cc2c3c(c4oc(CO)cc(=O)c4c2O)[C@@H]2c4ccnc(N)c4[C@@H](CCc4ccc(O)cc4[C@H]2CO)C[C@@H](Cc2ccc(N)nc2)[C@]1(C)O3)C1CCCC1. The largest absolute Gasteiger partial charge is 0.508 e. The molecule has 61 heavy (non-hydrogen) atoms. The van der Waals surface area contributed by atoms with Gasteiger partial charge in [-0.15, -0.1) is 0 Å². The Kier molecular flexibility index (Phi) is 10.5. The molecule has 6 atom stereocenters. The van der Waals surface area contributed by atoms with E-state index in [0.29, 0.717) is 59.6 Å². The number of aromatic hydroxyl groups is 2. The molecule has 13 heteroatoms. The van der Waals surface area contributed by atoms with Gasteiger partial charge < -0.3 is 45.8 Å². The van der Waals surface area contributed by atoms with Crippen LogP contribution in [0.5, 0.6) is 17.2 Å². The minimum atomic E-state index is -1.30. The number of carbonyl (C=O) groups excluding carboxylic acids is 1. The number of aryl methyl sites for hydroxylation is 1. The fourth-order valence-electron chi connectivity index (χ4n) is 11.0. The number of phenols is 2. The summed E-state index contributed by atoms with van der Waals surface area (Å²) in [6.07, 6.45) is 10.1. The normalized spacial score (nSPS) is 24.9. The van der Waals surface area contributed by atoms with Crippen molar-refractivity contribution in [1.82, 2.24) is 9.97 Å². The molecule has 1 fully saturated rings. The summed E-state index contributed by atoms with van der Waals surface area (Å²) in [6.45, 7) is 2.78. The quantitative estimate of drug-likeness (QED) is 0.0753. The molecule has 5 aromatic rings. The first-order valence-corrected chi connectivity index (χ1v) is 21.3. The zero-order valence-corrected chi connectivity index (χ0v) is 34.4. The van der Waals surface area contributed by atoms with Gasteiger partial charge in [0, 0.05) is 64.9 Å². The van der Waals surface area contributed by atoms with Crippen molar-refractivity contribution in [2.45, 2.75) is 108 Å². The Hall–Kier alpha value is -5.92. The Morgan fingerprint density at radius 2 is 1.82 bits per heavy atom. The van der Waals surface area contributed by atoms with E-state index in [0.717, 1.165) is 48.4 Å². The molecule has 0 saturated heterocycles. The number of allylic oxidation sites excluding steroid dienone is 1. The van der Waals surface area contributed by atoms with Crippen LogP contribution in [0.4, 0.5) is 11.6 Å². The molecule has 5 heterocycles. The lowest BCUT2D eigenvalue weighted by Crippen LogP contribution is -2.57. The molecule has 1 saturated carbocycles. The minimum Gasteiger partial charge on any atom is -0.508 e. The van der Waals surface area contributed by atoms with Crippen LogP contribution in [-0.4, -0.2) is 54.7 Å². The molecular formula is C48H52N4O9. The molecule has 13 nitrogen and oxygen atoms in total. The predicted octanol–water partition coefficient (Wildman–Crippen LogP) is 6.59. The third kappa shape index (κ3) is 6.87. The lowest BCUT2D eigenvalue weighted by Gasteiger charge is -2.49. The van der Waals surface area contributed by atoms with E-state index in [9.17, 15) is 30.0 Å². The monoisotopic (exact) mass is 828 g/mol. The Morgan fingerprint density at radius 3 is 2.54 bits per heavy atom. The molecular weight excluding hydrogens is 777 g/mol. The Balaban J connectivity index is 1.39. The summed E-state index contributed by atoms with van der Waals surface area (Å²) in [5.41, 5.74) is 16.3. The predicted molar refractivity (Wildman–Crippen MR) is 228 cm³/mol. The molecule has 4 bridgehead atoms. The lowest BCUT2D eigenvalue weighted by atomic mass is 9.67. The first-order valence-electron chi connectivity index (χ1n) is 21.3. The molecule has 0 spiro atoms. The van der Waals surface area contributed by atoms with Crippen molar-refractivity contribution >= 4 is 28.6 Å². The summed E-state index contributed by atoms with van der Waals surface area (Å²) >= 11 is 0. The van der Waals surface area contributed by atoms with E-state index >= 15 is 0 Å². The number of aromatic nitrogens is 2. The number of esters is 1. The van der Waals surface area contributed by atoms with Gasteiger partial charge in [-0.3, -0.25) is 4.79 Å². The number of rotatable bonds is 7. The van der Waals surface area contributed by atoms with E-state index in [1.165, 1.54) is 0 Å². The maximum Gasteiger partial charge on any atom is 0.334 e. The van der Waals surface area contributed by atoms with Gasteiger partial charge >= 0.3 is 5.97 Å². The molecule has 0 amide bonds. The maximum atomic E-state index is 14.5. The summed E-state index contributed by atoms with van der Waals surface area (Å²) in [6, 6.07) is 11.9. The average molecular weight is 829 g/mol. The average Bonchev–Trinajstić information content (AvgIpc) is 3.79. The van der Waals surface area contributed by atoms with Gasteiger partial charge in [-0.05, 0) is 111 Å². The summed E-state index contributed by atoms with van der Waals surface area (Å²) in [7, 11) is 0. The van der Waals surface area contributed by atoms with Crippen molar-refractivity contribution in [3.05, 3.63) is 121 Å². The number of aliphatic hydroxyl groups is 2. The highest BCUT2D eigenvalue weighted by atomic mass is 16.6. The van der Waals surface area contributed by atoms with Crippen molar-refractivity contribution in [2.75, 3.05) is 18.1 Å². The topological polar surface area (TPSA) is 224 Å². The smallest absolute Gasteiger partial charge is 0.334 e. The van der Waals surface area contributed by atoms with Gasteiger partial charge in [0.15, 0.2) is 5.43 Å². The van der Waals surface area contributed by atoms with Crippen LogP contribution >= 0.6 is 0 Å². The second-order valence-electron chi connectivity index (χ2n) is 17.4. The number of pyridine rings is 2. The van der Waals surface area contributed by atoms with E-state index in [-0.39, 0.29) is 57.8 Å². The number of hydrogen-bond acceptors (Lipinski definition) is 13. The van der Waals surface area contributed by atoms with Crippen LogP contribution in [0.2, 0.25) is 0 Å². The van der Waals surface area contributed by atoms with Crippen LogP contribution in [0.15, 0.2) is 75.7 Å². The molecule has 318 valence electrons. The van der Waals surface area contributed by atoms with E-state index < -0.39 is 54.1 Å². The molecule has 0 radical (unpaired) electrons. The van der Waals surface area contributed by atoms with Crippen molar-refractivity contribution in [3.63, 3.8) is 0 Å². The second kappa shape index (κ2) is 15.8. The van der Waals surface area contributed by atoms with Gasteiger partial charge in [0.2, 0.25) is 0 Å². The van der Waals surface area contributed by atoms with Gasteiger partial charge in [-0.2, -0.15) is 0 Å². The summed E-state index contributed by atoms with van der Waals surface area (Å²) < 4.78 is 20.6. The molecule has 2 aliphatic heterocycles. The number of hydrogen-bond donors (Lipinski definition) is 6. The third-order valence-electron chi connectivity index (χ3n) is 14.1. The molecule has 9 rings (SSSR count). The summed E-state index contributed by atoms with van der Waals surface area (Å²) in [5.74, 6) is -2.24. The van der Waals surface area contributed by atoms with E-state index in [1.807, 2.05) is 38.1 Å². The van der Waals surface area contributed by atoms with Crippen LogP contribution in [0.25, 0.3) is 11.0 Å².